The van der Waals surface area contributed by atoms with E-state index >= 15 is 0 Å². The smallest absolute Gasteiger partial charge is 0.224 e. The minimum atomic E-state index is -0.249. The van der Waals surface area contributed by atoms with Crippen LogP contribution in [0.2, 0.25) is 0 Å². The number of rotatable bonds is 6. The van der Waals surface area contributed by atoms with Gasteiger partial charge >= 0.3 is 0 Å². The number of imidazole rings is 1. The van der Waals surface area contributed by atoms with Crippen molar-refractivity contribution >= 4 is 5.91 Å². The van der Waals surface area contributed by atoms with Gasteiger partial charge < -0.3 is 14.2 Å². The summed E-state index contributed by atoms with van der Waals surface area (Å²) in [5.74, 6) is -0.121. The summed E-state index contributed by atoms with van der Waals surface area (Å²) in [7, 11) is 0. The van der Waals surface area contributed by atoms with Gasteiger partial charge in [0, 0.05) is 44.0 Å². The summed E-state index contributed by atoms with van der Waals surface area (Å²) in [5.41, 5.74) is 0.557. The molecule has 0 spiro atoms. The highest BCUT2D eigenvalue weighted by Gasteiger charge is 2.24. The lowest BCUT2D eigenvalue weighted by Crippen LogP contribution is -2.43. The van der Waals surface area contributed by atoms with E-state index in [0.717, 1.165) is 19.4 Å². The van der Waals surface area contributed by atoms with Crippen molar-refractivity contribution in [1.29, 1.82) is 0 Å². The summed E-state index contributed by atoms with van der Waals surface area (Å²) in [4.78, 5) is 18.2. The molecule has 1 aromatic carbocycles. The van der Waals surface area contributed by atoms with E-state index in [2.05, 4.69) is 4.98 Å². The average Bonchev–Trinajstić information content (AvgIpc) is 3.13. The van der Waals surface area contributed by atoms with Crippen LogP contribution in [-0.4, -0.2) is 39.6 Å². The Morgan fingerprint density at radius 3 is 3.04 bits per heavy atom. The minimum Gasteiger partial charge on any atom is -0.372 e. The predicted octanol–water partition coefficient (Wildman–Crippen LogP) is 2.62. The third kappa shape index (κ3) is 4.41. The molecule has 128 valence electrons. The summed E-state index contributed by atoms with van der Waals surface area (Å²) in [6.07, 6.45) is 7.51. The number of benzene rings is 1. The molecule has 1 atom stereocenters. The molecule has 0 bridgehead atoms. The lowest BCUT2D eigenvalue weighted by atomic mass is 10.1. The van der Waals surface area contributed by atoms with E-state index in [0.29, 0.717) is 25.1 Å². The maximum atomic E-state index is 13.6. The van der Waals surface area contributed by atoms with Crippen LogP contribution in [0.25, 0.3) is 0 Å². The second-order valence-corrected chi connectivity index (χ2v) is 6.06. The molecule has 0 aliphatic carbocycles. The molecule has 24 heavy (non-hydrogen) atoms. The van der Waals surface area contributed by atoms with Crippen molar-refractivity contribution in [1.82, 2.24) is 14.5 Å². The number of ether oxygens (including phenoxy) is 1. The molecule has 0 saturated carbocycles. The van der Waals surface area contributed by atoms with E-state index in [4.69, 9.17) is 4.74 Å². The lowest BCUT2D eigenvalue weighted by molar-refractivity contribution is -0.135. The van der Waals surface area contributed by atoms with Crippen LogP contribution in [0.15, 0.2) is 43.0 Å². The molecule has 0 N–H and O–H groups in total. The van der Waals surface area contributed by atoms with Gasteiger partial charge in [0.25, 0.3) is 0 Å². The Bertz CT molecular complexity index is 660. The largest absolute Gasteiger partial charge is 0.372 e. The fourth-order valence-electron chi connectivity index (χ4n) is 2.93. The Hall–Kier alpha value is -2.21. The average molecular weight is 331 g/mol. The molecule has 1 aromatic heterocycles. The number of nitrogens with zero attached hydrogens (tertiary/aromatic N) is 3. The van der Waals surface area contributed by atoms with Crippen molar-refractivity contribution in [3.63, 3.8) is 0 Å². The Morgan fingerprint density at radius 2 is 2.25 bits per heavy atom. The van der Waals surface area contributed by atoms with Gasteiger partial charge in [-0.25, -0.2) is 9.37 Å². The summed E-state index contributed by atoms with van der Waals surface area (Å²) >= 11 is 0. The predicted molar refractivity (Wildman–Crippen MR) is 87.6 cm³/mol. The monoisotopic (exact) mass is 331 g/mol. The molecule has 0 unspecified atom stereocenters. The Balaban J connectivity index is 1.47. The molecular formula is C18H22FN3O2. The SMILES string of the molecule is O=C(CCn1ccnc1)N1CCC[C@H](OCc2ccccc2F)C1. The van der Waals surface area contributed by atoms with E-state index in [1.165, 1.54) is 6.07 Å². The molecule has 1 amide bonds. The van der Waals surface area contributed by atoms with Crippen LogP contribution in [0, 0.1) is 5.82 Å². The fraction of sp³-hybridized carbons (Fsp3) is 0.444. The van der Waals surface area contributed by atoms with Crippen LogP contribution in [0.4, 0.5) is 4.39 Å². The highest BCUT2D eigenvalue weighted by Crippen LogP contribution is 2.17. The van der Waals surface area contributed by atoms with Gasteiger partial charge in [-0.1, -0.05) is 18.2 Å². The van der Waals surface area contributed by atoms with Crippen LogP contribution >= 0.6 is 0 Å². The first-order chi connectivity index (χ1) is 11.7. The van der Waals surface area contributed by atoms with Crippen molar-refractivity contribution in [2.45, 2.75) is 38.5 Å². The molecule has 2 aromatic rings. The number of likely N-dealkylation sites (tertiary alicyclic amines) is 1. The van der Waals surface area contributed by atoms with Crippen molar-refractivity contribution in [2.75, 3.05) is 13.1 Å². The maximum Gasteiger partial charge on any atom is 0.224 e. The highest BCUT2D eigenvalue weighted by molar-refractivity contribution is 5.76. The van der Waals surface area contributed by atoms with Crippen molar-refractivity contribution in [3.05, 3.63) is 54.4 Å². The number of carbonyl (C=O) groups is 1. The lowest BCUT2D eigenvalue weighted by Gasteiger charge is -2.33. The molecule has 6 heteroatoms. The zero-order valence-electron chi connectivity index (χ0n) is 13.6. The van der Waals surface area contributed by atoms with Gasteiger partial charge in [-0.3, -0.25) is 4.79 Å². The van der Waals surface area contributed by atoms with E-state index < -0.39 is 0 Å². The zero-order valence-corrected chi connectivity index (χ0v) is 13.6. The van der Waals surface area contributed by atoms with Gasteiger partial charge in [-0.05, 0) is 18.9 Å². The van der Waals surface area contributed by atoms with Crippen molar-refractivity contribution < 1.29 is 13.9 Å². The first-order valence-electron chi connectivity index (χ1n) is 8.31. The van der Waals surface area contributed by atoms with E-state index in [-0.39, 0.29) is 24.4 Å². The van der Waals surface area contributed by atoms with E-state index in [1.807, 2.05) is 15.7 Å². The third-order valence-corrected chi connectivity index (χ3v) is 4.31. The standard InChI is InChI=1S/C18H22FN3O2/c19-17-6-2-1-4-15(17)13-24-16-5-3-9-22(12-16)18(23)7-10-21-11-8-20-14-21/h1-2,4,6,8,11,14,16H,3,5,7,9-10,12-13H2/t16-/m0/s1. The van der Waals surface area contributed by atoms with Gasteiger partial charge in [0.2, 0.25) is 5.91 Å². The van der Waals surface area contributed by atoms with Crippen molar-refractivity contribution in [2.24, 2.45) is 0 Å². The van der Waals surface area contributed by atoms with Crippen LogP contribution in [0.5, 0.6) is 0 Å². The Morgan fingerprint density at radius 1 is 1.38 bits per heavy atom. The molecule has 1 saturated heterocycles. The summed E-state index contributed by atoms with van der Waals surface area (Å²) < 4.78 is 21.4. The number of aromatic nitrogens is 2. The molecule has 1 fully saturated rings. The quantitative estimate of drug-likeness (QED) is 0.817. The molecule has 2 heterocycles. The summed E-state index contributed by atoms with van der Waals surface area (Å²) in [6, 6.07) is 6.63. The molecule has 1 aliphatic heterocycles. The van der Waals surface area contributed by atoms with Crippen LogP contribution < -0.4 is 0 Å². The Labute approximate surface area is 141 Å². The van der Waals surface area contributed by atoms with Crippen molar-refractivity contribution in [3.8, 4) is 0 Å². The highest BCUT2D eigenvalue weighted by atomic mass is 19.1. The van der Waals surface area contributed by atoms with E-state index in [1.54, 1.807) is 30.7 Å². The second-order valence-electron chi connectivity index (χ2n) is 6.06. The summed E-state index contributed by atoms with van der Waals surface area (Å²) in [5, 5.41) is 0. The second kappa shape index (κ2) is 8.06. The summed E-state index contributed by atoms with van der Waals surface area (Å²) in [6.45, 7) is 2.23. The first kappa shape index (κ1) is 16.6. The van der Waals surface area contributed by atoms with Gasteiger partial charge in [-0.15, -0.1) is 0 Å². The van der Waals surface area contributed by atoms with Crippen LogP contribution in [0.1, 0.15) is 24.8 Å². The van der Waals surface area contributed by atoms with Crippen LogP contribution in [-0.2, 0) is 22.7 Å². The number of piperidine rings is 1. The van der Waals surface area contributed by atoms with Gasteiger partial charge in [0.05, 0.1) is 19.0 Å². The minimum absolute atomic E-state index is 0.0319. The fourth-order valence-corrected chi connectivity index (χ4v) is 2.93. The number of halogens is 1. The normalized spacial score (nSPS) is 17.9. The number of aryl methyl sites for hydroxylation is 1. The van der Waals surface area contributed by atoms with Gasteiger partial charge in [0.15, 0.2) is 0 Å². The number of carbonyl (C=O) groups excluding carboxylic acids is 1. The number of hydrogen-bond acceptors (Lipinski definition) is 3. The molecular weight excluding hydrogens is 309 g/mol. The zero-order chi connectivity index (χ0) is 16.8. The topological polar surface area (TPSA) is 47.4 Å². The Kier molecular flexibility index (Phi) is 5.59. The third-order valence-electron chi connectivity index (χ3n) is 4.31. The van der Waals surface area contributed by atoms with Gasteiger partial charge in [0.1, 0.15) is 5.82 Å². The number of amides is 1. The van der Waals surface area contributed by atoms with E-state index in [9.17, 15) is 9.18 Å². The maximum absolute atomic E-state index is 13.6. The first-order valence-corrected chi connectivity index (χ1v) is 8.31. The molecule has 0 radical (unpaired) electrons. The molecule has 3 rings (SSSR count). The van der Waals surface area contributed by atoms with Gasteiger partial charge in [-0.2, -0.15) is 0 Å². The number of hydrogen-bond donors (Lipinski definition) is 0. The van der Waals surface area contributed by atoms with Crippen LogP contribution in [0.3, 0.4) is 0 Å². The molecule has 1 aliphatic rings. The molecule has 5 nitrogen and oxygen atoms in total.